The molecule has 0 unspecified atom stereocenters. The number of ether oxygens (including phenoxy) is 1. The van der Waals surface area contributed by atoms with Crippen LogP contribution in [0.1, 0.15) is 12.6 Å². The van der Waals surface area contributed by atoms with Gasteiger partial charge in [-0.2, -0.15) is 8.78 Å². The Morgan fingerprint density at radius 2 is 1.96 bits per heavy atom. The average Bonchev–Trinajstić information content (AvgIpc) is 3.12. The highest BCUT2D eigenvalue weighted by molar-refractivity contribution is 7.99. The highest BCUT2D eigenvalue weighted by Crippen LogP contribution is 2.32. The second kappa shape index (κ2) is 9.66. The van der Waals surface area contributed by atoms with Crippen LogP contribution in [-0.4, -0.2) is 23.3 Å². The molecule has 0 aliphatic rings. The summed E-state index contributed by atoms with van der Waals surface area (Å²) in [6, 6.07) is 14.0. The third kappa shape index (κ3) is 5.53. The Labute approximate surface area is 170 Å². The van der Waals surface area contributed by atoms with E-state index in [1.54, 1.807) is 24.3 Å². The predicted molar refractivity (Wildman–Crippen MR) is 109 cm³/mol. The third-order valence-electron chi connectivity index (χ3n) is 3.67. The number of thioether (sulfide) groups is 1. The van der Waals surface area contributed by atoms with Crippen molar-refractivity contribution < 1.29 is 18.3 Å². The lowest BCUT2D eigenvalue weighted by atomic mass is 10.2. The summed E-state index contributed by atoms with van der Waals surface area (Å²) < 4.78 is 30.3. The number of amides is 1. The maximum atomic E-state index is 12.3. The minimum Gasteiger partial charge on any atom is -0.493 e. The fourth-order valence-corrected chi connectivity index (χ4v) is 3.87. The van der Waals surface area contributed by atoms with Gasteiger partial charge in [-0.15, -0.1) is 11.3 Å². The van der Waals surface area contributed by atoms with Gasteiger partial charge in [0.05, 0.1) is 24.3 Å². The number of thiazole rings is 1. The van der Waals surface area contributed by atoms with Crippen LogP contribution in [0.4, 0.5) is 14.5 Å². The monoisotopic (exact) mass is 420 g/mol. The summed E-state index contributed by atoms with van der Waals surface area (Å²) in [6.45, 7) is 2.49. The molecule has 0 spiro atoms. The van der Waals surface area contributed by atoms with E-state index in [0.29, 0.717) is 34.6 Å². The molecule has 1 N–H and O–H groups in total. The molecule has 0 aliphatic heterocycles. The zero-order valence-electron chi connectivity index (χ0n) is 15.0. The zero-order valence-corrected chi connectivity index (χ0v) is 16.7. The topological polar surface area (TPSA) is 51.2 Å². The van der Waals surface area contributed by atoms with Gasteiger partial charge < -0.3 is 10.1 Å². The lowest BCUT2D eigenvalue weighted by molar-refractivity contribution is -0.115. The van der Waals surface area contributed by atoms with Crippen LogP contribution < -0.4 is 10.1 Å². The third-order valence-corrected chi connectivity index (χ3v) is 5.32. The van der Waals surface area contributed by atoms with E-state index in [1.165, 1.54) is 11.3 Å². The highest BCUT2D eigenvalue weighted by Gasteiger charge is 2.13. The van der Waals surface area contributed by atoms with E-state index in [4.69, 9.17) is 4.74 Å². The van der Waals surface area contributed by atoms with Gasteiger partial charge in [0.2, 0.25) is 5.91 Å². The van der Waals surface area contributed by atoms with Gasteiger partial charge in [0.1, 0.15) is 10.8 Å². The Kier molecular flexibility index (Phi) is 7.00. The second-order valence-electron chi connectivity index (χ2n) is 5.70. The Bertz CT molecular complexity index is 930. The van der Waals surface area contributed by atoms with E-state index in [0.717, 1.165) is 16.3 Å². The quantitative estimate of drug-likeness (QED) is 0.475. The number of rotatable bonds is 8. The summed E-state index contributed by atoms with van der Waals surface area (Å²) in [6.07, 6.45) is 0.126. The number of hydrogen-bond donors (Lipinski definition) is 1. The molecule has 0 atom stereocenters. The Hall–Kier alpha value is -2.45. The minimum absolute atomic E-state index is 0.126. The van der Waals surface area contributed by atoms with Crippen LogP contribution in [0.25, 0.3) is 10.6 Å². The standard InChI is InChI=1S/C20H18F2N2O2S2/c1-2-26-17-6-4-3-5-16(17)19-24-14(12-27-19)11-18(25)23-13-7-9-15(10-8-13)28-20(21)22/h3-10,12,20H,2,11H2,1H3,(H,23,25). The molecule has 3 rings (SSSR count). The number of carbonyl (C=O) groups excluding carboxylic acids is 1. The van der Waals surface area contributed by atoms with Crippen molar-refractivity contribution in [1.29, 1.82) is 0 Å². The van der Waals surface area contributed by atoms with E-state index in [-0.39, 0.29) is 12.3 Å². The van der Waals surface area contributed by atoms with Crippen LogP contribution in [0, 0.1) is 0 Å². The van der Waals surface area contributed by atoms with Crippen molar-refractivity contribution in [3.05, 3.63) is 59.6 Å². The molecule has 0 fully saturated rings. The Morgan fingerprint density at radius 1 is 1.21 bits per heavy atom. The maximum Gasteiger partial charge on any atom is 0.288 e. The minimum atomic E-state index is -2.47. The van der Waals surface area contributed by atoms with Crippen molar-refractivity contribution in [3.63, 3.8) is 0 Å². The van der Waals surface area contributed by atoms with Crippen LogP contribution >= 0.6 is 23.1 Å². The molecule has 1 amide bonds. The number of alkyl halides is 2. The van der Waals surface area contributed by atoms with Gasteiger partial charge in [-0.3, -0.25) is 4.79 Å². The number of benzene rings is 2. The lowest BCUT2D eigenvalue weighted by Crippen LogP contribution is -2.14. The number of nitrogens with one attached hydrogen (secondary N) is 1. The number of nitrogens with zero attached hydrogens (tertiary/aromatic N) is 1. The van der Waals surface area contributed by atoms with Gasteiger partial charge in [0, 0.05) is 16.0 Å². The molecular formula is C20H18F2N2O2S2. The predicted octanol–water partition coefficient (Wildman–Crippen LogP) is 5.70. The SMILES string of the molecule is CCOc1ccccc1-c1nc(CC(=O)Nc2ccc(SC(F)F)cc2)cs1. The summed E-state index contributed by atoms with van der Waals surface area (Å²) in [4.78, 5) is 17.3. The molecule has 146 valence electrons. The maximum absolute atomic E-state index is 12.3. The molecule has 3 aromatic rings. The molecule has 4 nitrogen and oxygen atoms in total. The zero-order chi connectivity index (χ0) is 19.9. The molecule has 8 heteroatoms. The molecule has 0 bridgehead atoms. The van der Waals surface area contributed by atoms with Gasteiger partial charge in [0.25, 0.3) is 5.76 Å². The number of aromatic nitrogens is 1. The lowest BCUT2D eigenvalue weighted by Gasteiger charge is -2.07. The van der Waals surface area contributed by atoms with Crippen LogP contribution in [0.15, 0.2) is 58.8 Å². The van der Waals surface area contributed by atoms with Gasteiger partial charge >= 0.3 is 0 Å². The molecule has 0 saturated heterocycles. The van der Waals surface area contributed by atoms with Crippen molar-refractivity contribution in [3.8, 4) is 16.3 Å². The second-order valence-corrected chi connectivity index (χ2v) is 7.62. The van der Waals surface area contributed by atoms with Crippen molar-refractivity contribution in [1.82, 2.24) is 4.98 Å². The fraction of sp³-hybridized carbons (Fsp3) is 0.200. The number of anilines is 1. The smallest absolute Gasteiger partial charge is 0.288 e. The van der Waals surface area contributed by atoms with Crippen LogP contribution in [0.3, 0.4) is 0 Å². The Balaban J connectivity index is 1.63. The molecule has 0 saturated carbocycles. The normalized spacial score (nSPS) is 10.9. The molecule has 2 aromatic carbocycles. The van der Waals surface area contributed by atoms with Gasteiger partial charge in [-0.25, -0.2) is 4.98 Å². The summed E-state index contributed by atoms with van der Waals surface area (Å²) in [5, 5.41) is 5.40. The van der Waals surface area contributed by atoms with Crippen LogP contribution in [0.5, 0.6) is 5.75 Å². The average molecular weight is 421 g/mol. The highest BCUT2D eigenvalue weighted by atomic mass is 32.2. The first kappa shape index (κ1) is 20.3. The summed E-state index contributed by atoms with van der Waals surface area (Å²) >= 11 is 1.92. The van der Waals surface area contributed by atoms with E-state index >= 15 is 0 Å². The molecule has 1 aromatic heterocycles. The number of para-hydroxylation sites is 1. The van der Waals surface area contributed by atoms with Gasteiger partial charge in [0.15, 0.2) is 0 Å². The first-order chi connectivity index (χ1) is 13.5. The number of halogens is 2. The first-order valence-corrected chi connectivity index (χ1v) is 10.3. The van der Waals surface area contributed by atoms with E-state index < -0.39 is 5.76 Å². The van der Waals surface area contributed by atoms with Crippen molar-refractivity contribution >= 4 is 34.7 Å². The largest absolute Gasteiger partial charge is 0.493 e. The van der Waals surface area contributed by atoms with Crippen molar-refractivity contribution in [2.45, 2.75) is 24.0 Å². The van der Waals surface area contributed by atoms with Gasteiger partial charge in [-0.1, -0.05) is 23.9 Å². The molecular weight excluding hydrogens is 402 g/mol. The van der Waals surface area contributed by atoms with Crippen molar-refractivity contribution in [2.75, 3.05) is 11.9 Å². The van der Waals surface area contributed by atoms with Crippen molar-refractivity contribution in [2.24, 2.45) is 0 Å². The molecule has 0 aliphatic carbocycles. The summed E-state index contributed by atoms with van der Waals surface area (Å²) in [7, 11) is 0. The molecule has 1 heterocycles. The van der Waals surface area contributed by atoms with E-state index in [9.17, 15) is 13.6 Å². The first-order valence-electron chi connectivity index (χ1n) is 8.56. The van der Waals surface area contributed by atoms with Gasteiger partial charge in [-0.05, 0) is 43.3 Å². The summed E-state index contributed by atoms with van der Waals surface area (Å²) in [5.74, 6) is -1.92. The van der Waals surface area contributed by atoms with Crippen LogP contribution in [-0.2, 0) is 11.2 Å². The van der Waals surface area contributed by atoms with E-state index in [2.05, 4.69) is 10.3 Å². The summed E-state index contributed by atoms with van der Waals surface area (Å²) in [5.41, 5.74) is 2.11. The number of carbonyl (C=O) groups is 1. The number of hydrogen-bond acceptors (Lipinski definition) is 5. The fourth-order valence-electron chi connectivity index (χ4n) is 2.53. The molecule has 28 heavy (non-hydrogen) atoms. The molecule has 0 radical (unpaired) electrons. The Morgan fingerprint density at radius 3 is 2.68 bits per heavy atom. The van der Waals surface area contributed by atoms with Crippen LogP contribution in [0.2, 0.25) is 0 Å². The van der Waals surface area contributed by atoms with E-state index in [1.807, 2.05) is 36.6 Å².